The van der Waals surface area contributed by atoms with Crippen molar-refractivity contribution in [2.75, 3.05) is 85.6 Å². The first-order valence-corrected chi connectivity index (χ1v) is 12.7. The summed E-state index contributed by atoms with van der Waals surface area (Å²) in [5.41, 5.74) is 1.43. The molecular formula is C25H35N5O6. The number of ether oxygens (including phenoxy) is 4. The van der Waals surface area contributed by atoms with Gasteiger partial charge in [0.05, 0.1) is 33.0 Å². The first kappa shape index (κ1) is 25.0. The Morgan fingerprint density at radius 2 is 1.67 bits per heavy atom. The molecule has 1 N–H and O–H groups in total. The summed E-state index contributed by atoms with van der Waals surface area (Å²) in [4.78, 5) is 24.0. The van der Waals surface area contributed by atoms with Gasteiger partial charge in [-0.3, -0.25) is 19.5 Å². The number of hydrogen-bond donors (Lipinski definition) is 1. The third-order valence-corrected chi connectivity index (χ3v) is 6.64. The van der Waals surface area contributed by atoms with Crippen molar-refractivity contribution in [3.05, 3.63) is 41.6 Å². The highest BCUT2D eigenvalue weighted by Gasteiger charge is 2.19. The van der Waals surface area contributed by atoms with Crippen molar-refractivity contribution >= 4 is 5.91 Å². The van der Waals surface area contributed by atoms with E-state index >= 15 is 0 Å². The Kier molecular flexibility index (Phi) is 8.68. The molecule has 1 aromatic heterocycles. The number of amides is 1. The Balaban J connectivity index is 1.17. The van der Waals surface area contributed by atoms with Gasteiger partial charge < -0.3 is 28.7 Å². The van der Waals surface area contributed by atoms with Crippen LogP contribution in [0.25, 0.3) is 0 Å². The molecule has 0 radical (unpaired) electrons. The van der Waals surface area contributed by atoms with E-state index in [1.165, 1.54) is 6.26 Å². The van der Waals surface area contributed by atoms with E-state index in [1.807, 2.05) is 12.1 Å². The van der Waals surface area contributed by atoms with Gasteiger partial charge in [0, 0.05) is 58.9 Å². The monoisotopic (exact) mass is 501 g/mol. The van der Waals surface area contributed by atoms with Crippen LogP contribution in [0.15, 0.2) is 28.9 Å². The fourth-order valence-electron chi connectivity index (χ4n) is 4.54. The van der Waals surface area contributed by atoms with Crippen molar-refractivity contribution in [2.24, 2.45) is 0 Å². The molecule has 0 unspecified atom stereocenters. The maximum Gasteiger partial charge on any atom is 0.273 e. The van der Waals surface area contributed by atoms with Crippen molar-refractivity contribution in [1.29, 1.82) is 0 Å². The van der Waals surface area contributed by atoms with Crippen LogP contribution < -0.4 is 14.8 Å². The first-order valence-electron chi connectivity index (χ1n) is 12.7. The molecule has 2 saturated heterocycles. The third kappa shape index (κ3) is 6.95. The largest absolute Gasteiger partial charge is 0.454 e. The lowest BCUT2D eigenvalue weighted by molar-refractivity contribution is 0.0320. The topological polar surface area (TPSA) is 102 Å². The predicted octanol–water partition coefficient (Wildman–Crippen LogP) is 0.800. The molecular weight excluding hydrogens is 466 g/mol. The summed E-state index contributed by atoms with van der Waals surface area (Å²) in [5, 5.41) is 2.94. The van der Waals surface area contributed by atoms with Gasteiger partial charge in [-0.1, -0.05) is 6.07 Å². The van der Waals surface area contributed by atoms with E-state index in [9.17, 15) is 4.79 Å². The highest BCUT2D eigenvalue weighted by Crippen LogP contribution is 2.32. The molecule has 0 bridgehead atoms. The lowest BCUT2D eigenvalue weighted by atomic mass is 10.2. The molecule has 0 atom stereocenters. The Morgan fingerprint density at radius 3 is 2.44 bits per heavy atom. The van der Waals surface area contributed by atoms with Crippen LogP contribution in [0, 0.1) is 0 Å². The molecule has 0 spiro atoms. The third-order valence-electron chi connectivity index (χ3n) is 6.64. The van der Waals surface area contributed by atoms with Gasteiger partial charge in [-0.15, -0.1) is 0 Å². The minimum absolute atomic E-state index is 0.214. The molecule has 3 aliphatic heterocycles. The van der Waals surface area contributed by atoms with E-state index in [0.717, 1.165) is 89.3 Å². The second-order valence-electron chi connectivity index (χ2n) is 9.19. The standard InChI is InChI=1S/C25H35N5O6/c31-25(26-3-4-28-7-11-32-12-8-28)21-18-34-24(27-21)17-30(6-5-29-9-13-33-14-10-29)16-20-1-2-22-23(15-20)36-19-35-22/h1-2,15,18H,3-14,16-17,19H2,(H,26,31). The summed E-state index contributed by atoms with van der Waals surface area (Å²) in [6.45, 7) is 11.3. The quantitative estimate of drug-likeness (QED) is 0.476. The molecule has 3 aliphatic rings. The van der Waals surface area contributed by atoms with E-state index in [-0.39, 0.29) is 12.7 Å². The normalized spacial score (nSPS) is 18.6. The molecule has 11 heteroatoms. The molecule has 1 aromatic carbocycles. The average Bonchev–Trinajstić information content (AvgIpc) is 3.58. The van der Waals surface area contributed by atoms with Crippen LogP contribution in [0.3, 0.4) is 0 Å². The molecule has 11 nitrogen and oxygen atoms in total. The maximum absolute atomic E-state index is 12.6. The van der Waals surface area contributed by atoms with Crippen molar-refractivity contribution in [3.63, 3.8) is 0 Å². The molecule has 2 fully saturated rings. The second-order valence-corrected chi connectivity index (χ2v) is 9.19. The van der Waals surface area contributed by atoms with Crippen LogP contribution in [-0.4, -0.2) is 111 Å². The van der Waals surface area contributed by atoms with Crippen molar-refractivity contribution in [3.8, 4) is 11.5 Å². The van der Waals surface area contributed by atoms with E-state index in [0.29, 0.717) is 31.2 Å². The maximum atomic E-state index is 12.6. The number of aromatic nitrogens is 1. The van der Waals surface area contributed by atoms with E-state index < -0.39 is 0 Å². The lowest BCUT2D eigenvalue weighted by Gasteiger charge is -2.29. The molecule has 36 heavy (non-hydrogen) atoms. The van der Waals surface area contributed by atoms with Crippen LogP contribution in [0.4, 0.5) is 0 Å². The Morgan fingerprint density at radius 1 is 0.944 bits per heavy atom. The summed E-state index contributed by atoms with van der Waals surface area (Å²) in [6.07, 6.45) is 1.44. The van der Waals surface area contributed by atoms with Gasteiger partial charge in [-0.2, -0.15) is 0 Å². The zero-order valence-electron chi connectivity index (χ0n) is 20.7. The summed E-state index contributed by atoms with van der Waals surface area (Å²) >= 11 is 0. The number of nitrogens with zero attached hydrogens (tertiary/aromatic N) is 4. The van der Waals surface area contributed by atoms with E-state index in [2.05, 4.69) is 31.1 Å². The van der Waals surface area contributed by atoms with Gasteiger partial charge >= 0.3 is 0 Å². The van der Waals surface area contributed by atoms with Crippen LogP contribution in [-0.2, 0) is 22.6 Å². The van der Waals surface area contributed by atoms with Gasteiger partial charge in [-0.25, -0.2) is 4.98 Å². The van der Waals surface area contributed by atoms with Gasteiger partial charge in [0.15, 0.2) is 17.2 Å². The fourth-order valence-corrected chi connectivity index (χ4v) is 4.54. The zero-order chi connectivity index (χ0) is 24.6. The SMILES string of the molecule is O=C(NCCN1CCOCC1)c1coc(CN(CCN2CCOCC2)Cc2ccc3c(c2)OCO3)n1. The van der Waals surface area contributed by atoms with Crippen LogP contribution in [0.5, 0.6) is 11.5 Å². The van der Waals surface area contributed by atoms with Crippen LogP contribution in [0.2, 0.25) is 0 Å². The molecule has 0 saturated carbocycles. The second kappa shape index (κ2) is 12.5. The molecule has 5 rings (SSSR count). The van der Waals surface area contributed by atoms with E-state index in [4.69, 9.17) is 23.4 Å². The van der Waals surface area contributed by atoms with Gasteiger partial charge in [-0.05, 0) is 17.7 Å². The van der Waals surface area contributed by atoms with Crippen molar-refractivity contribution in [2.45, 2.75) is 13.1 Å². The number of carbonyl (C=O) groups is 1. The Labute approximate surface area is 211 Å². The summed E-state index contributed by atoms with van der Waals surface area (Å²) in [5.74, 6) is 1.85. The van der Waals surface area contributed by atoms with Crippen molar-refractivity contribution in [1.82, 2.24) is 25.0 Å². The van der Waals surface area contributed by atoms with E-state index in [1.54, 1.807) is 0 Å². The summed E-state index contributed by atoms with van der Waals surface area (Å²) < 4.78 is 27.5. The zero-order valence-corrected chi connectivity index (χ0v) is 20.7. The highest BCUT2D eigenvalue weighted by molar-refractivity contribution is 5.91. The lowest BCUT2D eigenvalue weighted by Crippen LogP contribution is -2.41. The number of hydrogen-bond acceptors (Lipinski definition) is 10. The van der Waals surface area contributed by atoms with Crippen LogP contribution >= 0.6 is 0 Å². The molecule has 0 aliphatic carbocycles. The smallest absolute Gasteiger partial charge is 0.273 e. The molecule has 2 aromatic rings. The van der Waals surface area contributed by atoms with Gasteiger partial charge in [0.1, 0.15) is 6.26 Å². The number of rotatable bonds is 11. The number of benzene rings is 1. The Bertz CT molecular complexity index is 989. The van der Waals surface area contributed by atoms with Gasteiger partial charge in [0.25, 0.3) is 5.91 Å². The number of morpholine rings is 2. The highest BCUT2D eigenvalue weighted by atomic mass is 16.7. The minimum atomic E-state index is -0.214. The average molecular weight is 502 g/mol. The summed E-state index contributed by atoms with van der Waals surface area (Å²) in [6, 6.07) is 6.02. The number of oxazole rings is 1. The van der Waals surface area contributed by atoms with Crippen LogP contribution in [0.1, 0.15) is 21.9 Å². The molecule has 1 amide bonds. The molecule has 196 valence electrons. The number of fused-ring (bicyclic) bond motifs is 1. The van der Waals surface area contributed by atoms with Crippen molar-refractivity contribution < 1.29 is 28.2 Å². The molecule has 4 heterocycles. The number of nitrogens with one attached hydrogen (secondary N) is 1. The first-order chi connectivity index (χ1) is 17.7. The van der Waals surface area contributed by atoms with Gasteiger partial charge in [0.2, 0.25) is 12.7 Å². The number of carbonyl (C=O) groups excluding carboxylic acids is 1. The Hall–Kier alpha value is -2.70. The summed E-state index contributed by atoms with van der Waals surface area (Å²) in [7, 11) is 0. The predicted molar refractivity (Wildman–Crippen MR) is 130 cm³/mol. The fraction of sp³-hybridized carbons (Fsp3) is 0.600. The minimum Gasteiger partial charge on any atom is -0.454 e.